The molecule has 162 valence electrons. The number of hydrogen-bond acceptors (Lipinski definition) is 5. The van der Waals surface area contributed by atoms with E-state index in [9.17, 15) is 4.79 Å². The van der Waals surface area contributed by atoms with Crippen molar-refractivity contribution in [2.24, 2.45) is 4.99 Å². The van der Waals surface area contributed by atoms with Crippen LogP contribution in [-0.2, 0) is 9.59 Å². The summed E-state index contributed by atoms with van der Waals surface area (Å²) in [6.07, 6.45) is 3.97. The van der Waals surface area contributed by atoms with Crippen LogP contribution >= 0.6 is 23.5 Å². The number of nitrogens with zero attached hydrogens (tertiary/aromatic N) is 1. The van der Waals surface area contributed by atoms with Crippen molar-refractivity contribution in [1.29, 1.82) is 0 Å². The Kier molecular flexibility index (Phi) is 9.41. The summed E-state index contributed by atoms with van der Waals surface area (Å²) >= 11 is 4.14. The SMILES string of the molecule is CC(=O)O.CSc1ccc(-c2ccc(C=C3SC(Nc4cc[c]([Na])cc4)=NC3=O)cc2)cc1. The molecule has 0 radical (unpaired) electrons. The zero-order valence-electron chi connectivity index (χ0n) is 18.5. The number of aliphatic carboxylic acids is 1. The maximum atomic E-state index is 12.3. The molecular weight excluding hydrogens is 463 g/mol. The summed E-state index contributed by atoms with van der Waals surface area (Å²) in [5.74, 6) is -1.03. The number of nitrogens with one attached hydrogen (secondary N) is 1. The predicted molar refractivity (Wildman–Crippen MR) is 140 cm³/mol. The fraction of sp³-hybridized carbons (Fsp3) is 0.0800. The van der Waals surface area contributed by atoms with Crippen molar-refractivity contribution >= 4 is 83.1 Å². The van der Waals surface area contributed by atoms with Crippen molar-refractivity contribution in [1.82, 2.24) is 0 Å². The van der Waals surface area contributed by atoms with Gasteiger partial charge in [-0.1, -0.05) is 12.1 Å². The summed E-state index contributed by atoms with van der Waals surface area (Å²) in [7, 11) is 0. The second-order valence-electron chi connectivity index (χ2n) is 7.19. The van der Waals surface area contributed by atoms with Gasteiger partial charge in [-0.05, 0) is 29.5 Å². The molecule has 0 atom stereocenters. The molecule has 1 aliphatic rings. The Morgan fingerprint density at radius 2 is 1.55 bits per heavy atom. The second kappa shape index (κ2) is 12.3. The number of benzene rings is 3. The molecule has 1 aliphatic heterocycles. The standard InChI is InChI=1S/C23H17N2OS2.C2H4O2.Na/c1-27-20-13-11-18(12-14-20)17-9-7-16(8-10-17)15-21-22(26)25-23(28-21)24-19-5-3-2-4-6-19;1-2(3)4;/h3-15H,1H3,(H,24,25,26);1H3,(H,3,4);. The number of carbonyl (C=O) groups is 2. The van der Waals surface area contributed by atoms with E-state index in [2.05, 4.69) is 65.1 Å². The number of hydrogen-bond donors (Lipinski definition) is 2. The molecule has 3 aromatic rings. The molecule has 0 bridgehead atoms. The van der Waals surface area contributed by atoms with E-state index in [1.807, 2.05) is 30.3 Å². The van der Waals surface area contributed by atoms with Gasteiger partial charge >= 0.3 is 139 Å². The van der Waals surface area contributed by atoms with E-state index in [0.29, 0.717) is 10.1 Å². The van der Waals surface area contributed by atoms with Crippen LogP contribution in [-0.4, -0.2) is 56.3 Å². The minimum absolute atomic E-state index is 0.200. The summed E-state index contributed by atoms with van der Waals surface area (Å²) in [4.78, 5) is 27.3. The molecule has 0 aromatic heterocycles. The average molecular weight is 485 g/mol. The molecule has 0 saturated carbocycles. The van der Waals surface area contributed by atoms with Gasteiger partial charge in [0.05, 0.1) is 0 Å². The van der Waals surface area contributed by atoms with E-state index in [0.717, 1.165) is 51.7 Å². The third-order valence-corrected chi connectivity index (χ3v) is 6.86. The number of carboxylic acid groups (broad SMARTS) is 1. The summed E-state index contributed by atoms with van der Waals surface area (Å²) in [6, 6.07) is 25.0. The van der Waals surface area contributed by atoms with Crippen molar-refractivity contribution in [3.05, 3.63) is 83.3 Å². The van der Waals surface area contributed by atoms with Crippen molar-refractivity contribution in [2.75, 3.05) is 11.6 Å². The quantitative estimate of drug-likeness (QED) is 0.307. The zero-order valence-corrected chi connectivity index (χ0v) is 22.2. The Bertz CT molecular complexity index is 1190. The van der Waals surface area contributed by atoms with Crippen molar-refractivity contribution < 1.29 is 14.7 Å². The van der Waals surface area contributed by atoms with Gasteiger partial charge in [0.15, 0.2) is 0 Å². The van der Waals surface area contributed by atoms with E-state index in [4.69, 9.17) is 9.90 Å². The minimum atomic E-state index is -0.833. The Morgan fingerprint density at radius 3 is 2.09 bits per heavy atom. The topological polar surface area (TPSA) is 78.8 Å². The van der Waals surface area contributed by atoms with Crippen molar-refractivity contribution in [3.63, 3.8) is 0 Å². The summed E-state index contributed by atoms with van der Waals surface area (Å²) in [5.41, 5.74) is 4.28. The monoisotopic (exact) mass is 484 g/mol. The molecule has 33 heavy (non-hydrogen) atoms. The van der Waals surface area contributed by atoms with Crippen LogP contribution in [0.1, 0.15) is 12.5 Å². The molecule has 5 nitrogen and oxygen atoms in total. The van der Waals surface area contributed by atoms with Crippen LogP contribution in [0.2, 0.25) is 0 Å². The predicted octanol–water partition coefficient (Wildman–Crippen LogP) is 5.04. The smallest absolute Gasteiger partial charge is 0.0533 e. The van der Waals surface area contributed by atoms with Crippen LogP contribution in [0, 0.1) is 0 Å². The molecule has 0 unspecified atom stereocenters. The van der Waals surface area contributed by atoms with Crippen molar-refractivity contribution in [2.45, 2.75) is 11.8 Å². The number of thioether (sulfide) groups is 2. The van der Waals surface area contributed by atoms with Gasteiger partial charge in [-0.3, -0.25) is 4.79 Å². The maximum absolute atomic E-state index is 12.3. The van der Waals surface area contributed by atoms with Gasteiger partial charge in [-0.25, -0.2) is 0 Å². The molecule has 4 rings (SSSR count). The van der Waals surface area contributed by atoms with Crippen LogP contribution in [0.5, 0.6) is 0 Å². The number of carbonyl (C=O) groups excluding carboxylic acids is 1. The van der Waals surface area contributed by atoms with Crippen molar-refractivity contribution in [3.8, 4) is 11.1 Å². The number of rotatable bonds is 4. The number of anilines is 1. The Balaban J connectivity index is 0.000000709. The average Bonchev–Trinajstić information content (AvgIpc) is 3.14. The molecular formula is C25H21N2NaO3S2. The summed E-state index contributed by atoms with van der Waals surface area (Å²) in [5, 5.41) is 11.3. The van der Waals surface area contributed by atoms with Crippen LogP contribution < -0.4 is 8.13 Å². The molecule has 0 spiro atoms. The van der Waals surface area contributed by atoms with Gasteiger partial charge in [0.25, 0.3) is 5.97 Å². The first-order chi connectivity index (χ1) is 15.8. The van der Waals surface area contributed by atoms with E-state index < -0.39 is 5.97 Å². The number of amidine groups is 1. The molecule has 0 fully saturated rings. The molecule has 8 heteroatoms. The van der Waals surface area contributed by atoms with Gasteiger partial charge in [-0.15, -0.1) is 11.8 Å². The fourth-order valence-electron chi connectivity index (χ4n) is 2.93. The summed E-state index contributed by atoms with van der Waals surface area (Å²) in [6.45, 7) is 1.08. The molecule has 1 heterocycles. The molecule has 0 saturated heterocycles. The first-order valence-corrected chi connectivity index (χ1v) is 13.2. The number of amides is 1. The Hall–Kier alpha value is -2.29. The molecule has 2 N–H and O–H groups in total. The van der Waals surface area contributed by atoms with E-state index in [-0.39, 0.29) is 5.91 Å². The van der Waals surface area contributed by atoms with Gasteiger partial charge in [0.1, 0.15) is 0 Å². The fourth-order valence-corrected chi connectivity index (χ4v) is 4.50. The van der Waals surface area contributed by atoms with E-state index in [1.54, 1.807) is 11.8 Å². The molecule has 3 aromatic carbocycles. The Labute approximate surface area is 219 Å². The van der Waals surface area contributed by atoms with E-state index in [1.165, 1.54) is 25.0 Å². The summed E-state index contributed by atoms with van der Waals surface area (Å²) < 4.78 is 1.33. The molecule has 1 amide bonds. The van der Waals surface area contributed by atoms with Crippen LogP contribution in [0.25, 0.3) is 17.2 Å². The first-order valence-electron chi connectivity index (χ1n) is 10.1. The third kappa shape index (κ3) is 7.91. The number of aliphatic imine (C=N–C) groups is 1. The van der Waals surface area contributed by atoms with Crippen LogP contribution in [0.3, 0.4) is 0 Å². The Morgan fingerprint density at radius 1 is 1.00 bits per heavy atom. The van der Waals surface area contributed by atoms with Gasteiger partial charge in [0, 0.05) is 11.8 Å². The normalized spacial score (nSPS) is 13.9. The van der Waals surface area contributed by atoms with Gasteiger partial charge < -0.3 is 5.11 Å². The van der Waals surface area contributed by atoms with Crippen LogP contribution in [0.4, 0.5) is 5.69 Å². The van der Waals surface area contributed by atoms with Gasteiger partial charge in [0.2, 0.25) is 0 Å². The third-order valence-electron chi connectivity index (χ3n) is 4.56. The molecule has 0 aliphatic carbocycles. The number of carboxylic acids is 1. The van der Waals surface area contributed by atoms with Crippen LogP contribution in [0.15, 0.2) is 87.6 Å². The first kappa shape index (κ1) is 25.3. The van der Waals surface area contributed by atoms with E-state index >= 15 is 0 Å². The zero-order chi connectivity index (χ0) is 23.8. The minimum Gasteiger partial charge on any atom is -0.0533 e. The second-order valence-corrected chi connectivity index (χ2v) is 10.3. The van der Waals surface area contributed by atoms with Gasteiger partial charge in [-0.2, -0.15) is 0 Å².